The zero-order valence-electron chi connectivity index (χ0n) is 11.4. The first-order valence-corrected chi connectivity index (χ1v) is 7.03. The molecule has 1 saturated carbocycles. The minimum absolute atomic E-state index is 0.343. The lowest BCUT2D eigenvalue weighted by Crippen LogP contribution is -2.62. The van der Waals surface area contributed by atoms with Gasteiger partial charge in [0, 0.05) is 31.2 Å². The van der Waals surface area contributed by atoms with E-state index in [1.54, 1.807) is 0 Å². The van der Waals surface area contributed by atoms with Gasteiger partial charge in [0.1, 0.15) is 0 Å². The molecule has 0 spiro atoms. The van der Waals surface area contributed by atoms with Crippen molar-refractivity contribution in [2.75, 3.05) is 19.6 Å². The van der Waals surface area contributed by atoms with Crippen LogP contribution in [0.2, 0.25) is 0 Å². The third-order valence-corrected chi connectivity index (χ3v) is 4.73. The third kappa shape index (κ3) is 2.78. The molecule has 1 saturated heterocycles. The van der Waals surface area contributed by atoms with Crippen LogP contribution in [0.5, 0.6) is 0 Å². The summed E-state index contributed by atoms with van der Waals surface area (Å²) in [7, 11) is 0. The van der Waals surface area contributed by atoms with Crippen molar-refractivity contribution < 1.29 is 0 Å². The van der Waals surface area contributed by atoms with Gasteiger partial charge in [-0.15, -0.1) is 0 Å². The molecule has 0 bridgehead atoms. The quantitative estimate of drug-likeness (QED) is 0.789. The number of nitrogens with one attached hydrogen (secondary N) is 1. The summed E-state index contributed by atoms with van der Waals surface area (Å²) in [5.74, 6) is 1.94. The molecule has 1 N–H and O–H groups in total. The van der Waals surface area contributed by atoms with Crippen molar-refractivity contribution in [3.63, 3.8) is 0 Å². The van der Waals surface area contributed by atoms with Gasteiger partial charge >= 0.3 is 0 Å². The van der Waals surface area contributed by atoms with Crippen LogP contribution in [0.15, 0.2) is 0 Å². The average molecular weight is 224 g/mol. The van der Waals surface area contributed by atoms with E-state index in [1.165, 1.54) is 32.4 Å². The maximum Gasteiger partial charge on any atom is 0.0278 e. The Morgan fingerprint density at radius 3 is 2.69 bits per heavy atom. The number of hydrogen-bond donors (Lipinski definition) is 1. The Labute approximate surface area is 101 Å². The van der Waals surface area contributed by atoms with Crippen LogP contribution in [0.4, 0.5) is 0 Å². The molecule has 0 radical (unpaired) electrons. The Morgan fingerprint density at radius 1 is 1.44 bits per heavy atom. The number of piperazine rings is 1. The zero-order valence-corrected chi connectivity index (χ0v) is 11.4. The summed E-state index contributed by atoms with van der Waals surface area (Å²) >= 11 is 0. The van der Waals surface area contributed by atoms with Crippen molar-refractivity contribution >= 4 is 0 Å². The first-order valence-electron chi connectivity index (χ1n) is 7.03. The summed E-state index contributed by atoms with van der Waals surface area (Å²) in [6.07, 6.45) is 4.19. The van der Waals surface area contributed by atoms with Gasteiger partial charge in [-0.05, 0) is 44.9 Å². The molecule has 0 aromatic rings. The van der Waals surface area contributed by atoms with E-state index in [-0.39, 0.29) is 0 Å². The molecule has 0 aromatic carbocycles. The topological polar surface area (TPSA) is 15.3 Å². The van der Waals surface area contributed by atoms with Gasteiger partial charge in [-0.3, -0.25) is 4.90 Å². The number of rotatable bonds is 4. The van der Waals surface area contributed by atoms with E-state index < -0.39 is 0 Å². The van der Waals surface area contributed by atoms with E-state index in [4.69, 9.17) is 0 Å². The largest absolute Gasteiger partial charge is 0.309 e. The number of hydrogen-bond acceptors (Lipinski definition) is 2. The summed E-state index contributed by atoms with van der Waals surface area (Å²) in [5, 5.41) is 3.70. The molecule has 1 aliphatic heterocycles. The molecule has 2 fully saturated rings. The highest BCUT2D eigenvalue weighted by atomic mass is 15.2. The van der Waals surface area contributed by atoms with Crippen LogP contribution >= 0.6 is 0 Å². The predicted octanol–water partition coefficient (Wildman–Crippen LogP) is 2.49. The molecule has 0 amide bonds. The van der Waals surface area contributed by atoms with Crippen molar-refractivity contribution in [2.24, 2.45) is 11.8 Å². The van der Waals surface area contributed by atoms with E-state index in [0.29, 0.717) is 11.6 Å². The Morgan fingerprint density at radius 2 is 2.12 bits per heavy atom. The van der Waals surface area contributed by atoms with E-state index >= 15 is 0 Å². The normalized spacial score (nSPS) is 38.6. The highest BCUT2D eigenvalue weighted by Crippen LogP contribution is 2.37. The van der Waals surface area contributed by atoms with Gasteiger partial charge in [-0.2, -0.15) is 0 Å². The molecule has 2 heteroatoms. The Bertz CT molecular complexity index is 237. The Balaban J connectivity index is 1.90. The Kier molecular flexibility index (Phi) is 3.60. The molecule has 0 aromatic heterocycles. The zero-order chi connectivity index (χ0) is 11.8. The maximum absolute atomic E-state index is 3.70. The van der Waals surface area contributed by atoms with E-state index in [1.807, 2.05) is 0 Å². The van der Waals surface area contributed by atoms with Crippen molar-refractivity contribution in [2.45, 2.75) is 58.5 Å². The fourth-order valence-electron chi connectivity index (χ4n) is 2.85. The lowest BCUT2D eigenvalue weighted by atomic mass is 9.92. The Hall–Kier alpha value is -0.0800. The maximum atomic E-state index is 3.70. The van der Waals surface area contributed by atoms with Gasteiger partial charge in [0.15, 0.2) is 0 Å². The van der Waals surface area contributed by atoms with Crippen LogP contribution in [-0.4, -0.2) is 36.1 Å². The lowest BCUT2D eigenvalue weighted by molar-refractivity contribution is 0.0770. The van der Waals surface area contributed by atoms with Crippen LogP contribution in [0.25, 0.3) is 0 Å². The fourth-order valence-corrected chi connectivity index (χ4v) is 2.85. The summed E-state index contributed by atoms with van der Waals surface area (Å²) in [6, 6.07) is 0.709. The monoisotopic (exact) mass is 224 g/mol. The molecule has 3 atom stereocenters. The number of nitrogens with zero attached hydrogens (tertiary/aromatic N) is 1. The summed E-state index contributed by atoms with van der Waals surface area (Å²) in [6.45, 7) is 13.2. The molecule has 3 unspecified atom stereocenters. The van der Waals surface area contributed by atoms with E-state index in [0.717, 1.165) is 18.4 Å². The third-order valence-electron chi connectivity index (χ3n) is 4.73. The van der Waals surface area contributed by atoms with E-state index in [2.05, 4.69) is 37.9 Å². The van der Waals surface area contributed by atoms with Gasteiger partial charge in [0.05, 0.1) is 0 Å². The fraction of sp³-hybridized carbons (Fsp3) is 1.00. The van der Waals surface area contributed by atoms with Crippen molar-refractivity contribution in [1.82, 2.24) is 10.2 Å². The van der Waals surface area contributed by atoms with Crippen LogP contribution in [0, 0.1) is 11.8 Å². The van der Waals surface area contributed by atoms with Gasteiger partial charge < -0.3 is 5.32 Å². The molecule has 16 heavy (non-hydrogen) atoms. The van der Waals surface area contributed by atoms with Gasteiger partial charge in [-0.1, -0.05) is 13.8 Å². The smallest absolute Gasteiger partial charge is 0.0278 e. The lowest BCUT2D eigenvalue weighted by Gasteiger charge is -2.45. The van der Waals surface area contributed by atoms with E-state index in [9.17, 15) is 0 Å². The van der Waals surface area contributed by atoms with Gasteiger partial charge in [0.2, 0.25) is 0 Å². The highest BCUT2D eigenvalue weighted by Gasteiger charge is 2.35. The van der Waals surface area contributed by atoms with Crippen LogP contribution in [0.3, 0.4) is 0 Å². The molecule has 2 aliphatic rings. The van der Waals surface area contributed by atoms with Crippen molar-refractivity contribution in [3.05, 3.63) is 0 Å². The molecule has 2 nitrogen and oxygen atoms in total. The minimum atomic E-state index is 0.343. The van der Waals surface area contributed by atoms with Crippen molar-refractivity contribution in [3.8, 4) is 0 Å². The van der Waals surface area contributed by atoms with Gasteiger partial charge in [-0.25, -0.2) is 0 Å². The molecule has 1 heterocycles. The summed E-state index contributed by atoms with van der Waals surface area (Å²) in [4.78, 5) is 2.71. The SMILES string of the molecule is CCC1(C)CN(CC(C)C2CC2)C(C)CN1. The second-order valence-electron chi connectivity index (χ2n) is 6.39. The molecular weight excluding hydrogens is 196 g/mol. The highest BCUT2D eigenvalue weighted by molar-refractivity contribution is 4.94. The van der Waals surface area contributed by atoms with Crippen molar-refractivity contribution in [1.29, 1.82) is 0 Å². The average Bonchev–Trinajstić information content (AvgIpc) is 3.07. The summed E-state index contributed by atoms with van der Waals surface area (Å²) in [5.41, 5.74) is 0.343. The molecule has 94 valence electrons. The molecular formula is C14H28N2. The standard InChI is InChI=1S/C14H28N2/c1-5-14(4)10-16(12(3)8-15-14)9-11(2)13-6-7-13/h11-13,15H,5-10H2,1-4H3. The summed E-state index contributed by atoms with van der Waals surface area (Å²) < 4.78 is 0. The van der Waals surface area contributed by atoms with Gasteiger partial charge in [0.25, 0.3) is 0 Å². The minimum Gasteiger partial charge on any atom is -0.309 e. The molecule has 1 aliphatic carbocycles. The predicted molar refractivity (Wildman–Crippen MR) is 69.6 cm³/mol. The van der Waals surface area contributed by atoms with Crippen LogP contribution < -0.4 is 5.32 Å². The molecule has 2 rings (SSSR count). The van der Waals surface area contributed by atoms with Crippen LogP contribution in [-0.2, 0) is 0 Å². The first-order chi connectivity index (χ1) is 7.54. The second kappa shape index (κ2) is 4.66. The van der Waals surface area contributed by atoms with Crippen LogP contribution in [0.1, 0.15) is 47.0 Å². The first kappa shape index (κ1) is 12.4. The second-order valence-corrected chi connectivity index (χ2v) is 6.39.